The van der Waals surface area contributed by atoms with Gasteiger partial charge in [-0.1, -0.05) is 6.42 Å². The number of anilines is 1. The van der Waals surface area contributed by atoms with E-state index in [4.69, 9.17) is 0 Å². The fourth-order valence-electron chi connectivity index (χ4n) is 2.74. The number of halogens is 2. The third-order valence-electron chi connectivity index (χ3n) is 4.02. The topological polar surface area (TPSA) is 68.8 Å². The quantitative estimate of drug-likeness (QED) is 0.321. The summed E-state index contributed by atoms with van der Waals surface area (Å²) in [5.74, 6) is 0.0666. The van der Waals surface area contributed by atoms with E-state index in [9.17, 15) is 9.18 Å². The maximum absolute atomic E-state index is 12.9. The first-order chi connectivity index (χ1) is 12.2. The van der Waals surface area contributed by atoms with Crippen molar-refractivity contribution in [3.8, 4) is 0 Å². The van der Waals surface area contributed by atoms with Crippen LogP contribution in [-0.2, 0) is 4.79 Å². The van der Waals surface area contributed by atoms with Crippen LogP contribution in [0, 0.1) is 5.82 Å². The van der Waals surface area contributed by atoms with Crippen LogP contribution < -0.4 is 16.0 Å². The highest BCUT2D eigenvalue weighted by Crippen LogP contribution is 2.08. The van der Waals surface area contributed by atoms with Crippen molar-refractivity contribution in [2.75, 3.05) is 44.6 Å². The van der Waals surface area contributed by atoms with Crippen molar-refractivity contribution < 1.29 is 9.18 Å². The molecule has 1 aliphatic heterocycles. The molecular formula is C18H29FIN5O. The van der Waals surface area contributed by atoms with Crippen molar-refractivity contribution in [1.82, 2.24) is 15.5 Å². The first kappa shape index (κ1) is 22.6. The van der Waals surface area contributed by atoms with E-state index >= 15 is 0 Å². The van der Waals surface area contributed by atoms with Gasteiger partial charge in [0.05, 0.1) is 0 Å². The number of piperidine rings is 1. The number of carbonyl (C=O) groups excluding carboxylic acids is 1. The van der Waals surface area contributed by atoms with Gasteiger partial charge < -0.3 is 20.9 Å². The largest absolute Gasteiger partial charge is 0.357 e. The van der Waals surface area contributed by atoms with Crippen molar-refractivity contribution in [2.24, 2.45) is 4.99 Å². The van der Waals surface area contributed by atoms with Gasteiger partial charge in [-0.15, -0.1) is 24.0 Å². The molecule has 26 heavy (non-hydrogen) atoms. The number of nitrogens with zero attached hydrogens (tertiary/aromatic N) is 2. The maximum atomic E-state index is 12.9. The van der Waals surface area contributed by atoms with Crippen LogP contribution in [0.5, 0.6) is 0 Å². The van der Waals surface area contributed by atoms with Crippen LogP contribution in [0.1, 0.15) is 26.2 Å². The molecule has 0 unspecified atom stereocenters. The van der Waals surface area contributed by atoms with Gasteiger partial charge in [0.25, 0.3) is 0 Å². The molecule has 1 aliphatic rings. The minimum atomic E-state index is -0.330. The molecule has 8 heteroatoms. The van der Waals surface area contributed by atoms with Crippen molar-refractivity contribution >= 4 is 41.5 Å². The molecule has 1 heterocycles. The lowest BCUT2D eigenvalue weighted by Gasteiger charge is -2.26. The first-order valence-electron chi connectivity index (χ1n) is 8.97. The van der Waals surface area contributed by atoms with Gasteiger partial charge in [-0.25, -0.2) is 9.38 Å². The second-order valence-electron chi connectivity index (χ2n) is 6.08. The van der Waals surface area contributed by atoms with E-state index in [0.717, 1.165) is 32.7 Å². The van der Waals surface area contributed by atoms with Gasteiger partial charge in [0.15, 0.2) is 5.96 Å². The monoisotopic (exact) mass is 477 g/mol. The zero-order chi connectivity index (χ0) is 17.9. The number of hydrogen-bond donors (Lipinski definition) is 3. The Morgan fingerprint density at radius 2 is 1.85 bits per heavy atom. The number of hydrogen-bond acceptors (Lipinski definition) is 3. The highest BCUT2D eigenvalue weighted by molar-refractivity contribution is 14.0. The van der Waals surface area contributed by atoms with E-state index in [1.54, 1.807) is 0 Å². The first-order valence-corrected chi connectivity index (χ1v) is 8.97. The van der Waals surface area contributed by atoms with Crippen molar-refractivity contribution in [2.45, 2.75) is 26.2 Å². The van der Waals surface area contributed by atoms with Gasteiger partial charge in [0.1, 0.15) is 12.4 Å². The third-order valence-corrected chi connectivity index (χ3v) is 4.02. The summed E-state index contributed by atoms with van der Waals surface area (Å²) >= 11 is 0. The molecule has 146 valence electrons. The lowest BCUT2D eigenvalue weighted by molar-refractivity contribution is -0.114. The number of nitrogens with one attached hydrogen (secondary N) is 3. The number of benzene rings is 1. The number of carbonyl (C=O) groups is 1. The number of amides is 1. The average Bonchev–Trinajstić information content (AvgIpc) is 2.62. The Balaban J connectivity index is 0.00000338. The van der Waals surface area contributed by atoms with E-state index < -0.39 is 0 Å². The van der Waals surface area contributed by atoms with Crippen LogP contribution in [0.2, 0.25) is 0 Å². The Bertz CT molecular complexity index is 561. The normalized spacial score (nSPS) is 15.1. The smallest absolute Gasteiger partial charge is 0.246 e. The zero-order valence-corrected chi connectivity index (χ0v) is 17.6. The molecule has 0 radical (unpaired) electrons. The molecule has 0 aromatic heterocycles. The number of rotatable bonds is 7. The molecule has 0 bridgehead atoms. The van der Waals surface area contributed by atoms with Crippen LogP contribution in [-0.4, -0.2) is 56.0 Å². The molecule has 1 aromatic rings. The summed E-state index contributed by atoms with van der Waals surface area (Å²) in [7, 11) is 0. The molecule has 3 N–H and O–H groups in total. The molecule has 1 amide bonds. The zero-order valence-electron chi connectivity index (χ0n) is 15.3. The maximum Gasteiger partial charge on any atom is 0.246 e. The standard InChI is InChI=1S/C18H28FN5O.HI/c1-2-20-18(21-10-13-24-11-4-3-5-12-24)22-14-17(25)23-16-8-6-15(19)7-9-16;/h6-9H,2-5,10-14H2,1H3,(H,23,25)(H2,20,21,22);1H. The predicted molar refractivity (Wildman–Crippen MR) is 115 cm³/mol. The molecule has 2 rings (SSSR count). The Hall–Kier alpha value is -1.42. The van der Waals surface area contributed by atoms with Gasteiger partial charge in [0, 0.05) is 25.3 Å². The summed E-state index contributed by atoms with van der Waals surface area (Å²) in [5, 5.41) is 9.10. The van der Waals surface area contributed by atoms with Crippen LogP contribution in [0.25, 0.3) is 0 Å². The molecule has 0 saturated carbocycles. The second-order valence-corrected chi connectivity index (χ2v) is 6.08. The lowest BCUT2D eigenvalue weighted by atomic mass is 10.1. The number of aliphatic imine (C=N–C) groups is 1. The molecular weight excluding hydrogens is 448 g/mol. The highest BCUT2D eigenvalue weighted by atomic mass is 127. The second kappa shape index (κ2) is 12.9. The van der Waals surface area contributed by atoms with Crippen molar-refractivity contribution in [3.63, 3.8) is 0 Å². The number of guanidine groups is 1. The Kier molecular flexibility index (Phi) is 11.2. The molecule has 1 fully saturated rings. The van der Waals surface area contributed by atoms with Crippen molar-refractivity contribution in [3.05, 3.63) is 30.1 Å². The molecule has 0 spiro atoms. The van der Waals surface area contributed by atoms with Crippen LogP contribution in [0.4, 0.5) is 10.1 Å². The summed E-state index contributed by atoms with van der Waals surface area (Å²) in [4.78, 5) is 18.7. The summed E-state index contributed by atoms with van der Waals surface area (Å²) < 4.78 is 12.9. The molecule has 0 aliphatic carbocycles. The van der Waals surface area contributed by atoms with Gasteiger partial charge in [-0.05, 0) is 57.1 Å². The molecule has 1 saturated heterocycles. The summed E-state index contributed by atoms with van der Waals surface area (Å²) in [6.07, 6.45) is 3.88. The van der Waals surface area contributed by atoms with Gasteiger partial charge in [-0.3, -0.25) is 4.79 Å². The van der Waals surface area contributed by atoms with Crippen LogP contribution in [0.15, 0.2) is 29.3 Å². The van der Waals surface area contributed by atoms with Crippen molar-refractivity contribution in [1.29, 1.82) is 0 Å². The summed E-state index contributed by atoms with van der Waals surface area (Å²) in [6.45, 7) is 6.83. The third kappa shape index (κ3) is 8.79. The molecule has 6 nitrogen and oxygen atoms in total. The fraction of sp³-hybridized carbons (Fsp3) is 0.556. The molecule has 0 atom stereocenters. The van der Waals surface area contributed by atoms with E-state index in [-0.39, 0.29) is 42.2 Å². The number of likely N-dealkylation sites (tertiary alicyclic amines) is 1. The van der Waals surface area contributed by atoms with E-state index in [1.165, 1.54) is 43.5 Å². The van der Waals surface area contributed by atoms with Gasteiger partial charge in [0.2, 0.25) is 5.91 Å². The van der Waals surface area contributed by atoms with E-state index in [2.05, 4.69) is 25.8 Å². The van der Waals surface area contributed by atoms with E-state index in [0.29, 0.717) is 11.6 Å². The van der Waals surface area contributed by atoms with Gasteiger partial charge in [-0.2, -0.15) is 0 Å². The minimum absolute atomic E-state index is 0. The Morgan fingerprint density at radius 1 is 1.15 bits per heavy atom. The predicted octanol–water partition coefficient (Wildman–Crippen LogP) is 2.42. The average molecular weight is 477 g/mol. The SMILES string of the molecule is CCNC(=NCC(=O)Nc1ccc(F)cc1)NCCN1CCCCC1.I. The highest BCUT2D eigenvalue weighted by Gasteiger charge is 2.09. The van der Waals surface area contributed by atoms with Gasteiger partial charge >= 0.3 is 0 Å². The van der Waals surface area contributed by atoms with Crippen LogP contribution in [0.3, 0.4) is 0 Å². The summed E-state index contributed by atoms with van der Waals surface area (Å²) in [5.41, 5.74) is 0.560. The van der Waals surface area contributed by atoms with E-state index in [1.807, 2.05) is 6.92 Å². The molecule has 1 aromatic carbocycles. The Morgan fingerprint density at radius 3 is 2.50 bits per heavy atom. The van der Waals surface area contributed by atoms with Crippen LogP contribution >= 0.6 is 24.0 Å². The lowest BCUT2D eigenvalue weighted by Crippen LogP contribution is -2.43. The Labute approximate surface area is 172 Å². The fourth-order valence-corrected chi connectivity index (χ4v) is 2.74. The summed E-state index contributed by atoms with van der Waals surface area (Å²) in [6, 6.07) is 5.67. The minimum Gasteiger partial charge on any atom is -0.357 e.